The van der Waals surface area contributed by atoms with Crippen molar-refractivity contribution in [2.24, 2.45) is 0 Å². The van der Waals surface area contributed by atoms with Gasteiger partial charge in [-0.15, -0.1) is 0 Å². The number of pyridine rings is 1. The first kappa shape index (κ1) is 11.9. The lowest BCUT2D eigenvalue weighted by atomic mass is 10.0. The molecular weight excluding hydrogens is 258 g/mol. The van der Waals surface area contributed by atoms with Crippen molar-refractivity contribution in [1.29, 1.82) is 0 Å². The molecule has 92 valence electrons. The second kappa shape index (κ2) is 4.82. The molecule has 0 saturated carbocycles. The third-order valence-corrected chi connectivity index (χ3v) is 3.20. The summed E-state index contributed by atoms with van der Waals surface area (Å²) in [6.45, 7) is 0. The maximum Gasteiger partial charge on any atom is 0.195 e. The van der Waals surface area contributed by atoms with Crippen molar-refractivity contribution in [2.75, 3.05) is 0 Å². The summed E-state index contributed by atoms with van der Waals surface area (Å²) in [4.78, 5) is 16.8. The molecule has 0 saturated heterocycles. The molecular formula is C16H10ClNO. The number of fused-ring (bicyclic) bond motifs is 1. The van der Waals surface area contributed by atoms with Crippen LogP contribution in [-0.4, -0.2) is 10.8 Å². The fourth-order valence-corrected chi connectivity index (χ4v) is 2.26. The molecule has 0 bridgehead atoms. The summed E-state index contributed by atoms with van der Waals surface area (Å²) in [6.07, 6.45) is 1.69. The number of hydrogen-bond donors (Lipinski definition) is 0. The van der Waals surface area contributed by atoms with Crippen molar-refractivity contribution in [2.45, 2.75) is 0 Å². The maximum atomic E-state index is 12.5. The molecule has 1 aromatic heterocycles. The van der Waals surface area contributed by atoms with Crippen LogP contribution in [0.1, 0.15) is 15.9 Å². The van der Waals surface area contributed by atoms with E-state index in [9.17, 15) is 4.79 Å². The standard InChI is InChI=1S/C16H10ClNO/c17-13-7-1-5-12(10-13)16(19)14-8-2-4-11-6-3-9-18-15(11)14/h1-10H. The van der Waals surface area contributed by atoms with Crippen LogP contribution in [0.4, 0.5) is 0 Å². The first-order chi connectivity index (χ1) is 9.25. The Balaban J connectivity index is 2.17. The number of ketones is 1. The molecule has 0 atom stereocenters. The summed E-state index contributed by atoms with van der Waals surface area (Å²) >= 11 is 5.93. The van der Waals surface area contributed by atoms with E-state index in [1.54, 1.807) is 36.5 Å². The lowest BCUT2D eigenvalue weighted by molar-refractivity contribution is 0.104. The molecule has 0 aliphatic carbocycles. The van der Waals surface area contributed by atoms with Crippen molar-refractivity contribution in [3.8, 4) is 0 Å². The number of carbonyl (C=O) groups excluding carboxylic acids is 1. The second-order valence-electron chi connectivity index (χ2n) is 4.22. The Morgan fingerprint density at radius 2 is 1.79 bits per heavy atom. The predicted octanol–water partition coefficient (Wildman–Crippen LogP) is 4.12. The summed E-state index contributed by atoms with van der Waals surface area (Å²) in [5.41, 5.74) is 1.89. The summed E-state index contributed by atoms with van der Waals surface area (Å²) in [5, 5.41) is 1.51. The van der Waals surface area contributed by atoms with Crippen LogP contribution in [-0.2, 0) is 0 Å². The summed E-state index contributed by atoms with van der Waals surface area (Å²) < 4.78 is 0. The van der Waals surface area contributed by atoms with Gasteiger partial charge in [0.25, 0.3) is 0 Å². The molecule has 3 heteroatoms. The molecule has 2 aromatic carbocycles. The Morgan fingerprint density at radius 1 is 1.00 bits per heavy atom. The van der Waals surface area contributed by atoms with E-state index in [0.29, 0.717) is 16.1 Å². The van der Waals surface area contributed by atoms with Crippen LogP contribution in [0.2, 0.25) is 5.02 Å². The smallest absolute Gasteiger partial charge is 0.195 e. The Hall–Kier alpha value is -2.19. The predicted molar refractivity (Wildman–Crippen MR) is 76.6 cm³/mol. The third kappa shape index (κ3) is 2.23. The average molecular weight is 268 g/mol. The molecule has 1 heterocycles. The molecule has 2 nitrogen and oxygen atoms in total. The van der Waals surface area contributed by atoms with Crippen molar-refractivity contribution in [3.05, 3.63) is 76.9 Å². The van der Waals surface area contributed by atoms with Gasteiger partial charge in [0.15, 0.2) is 5.78 Å². The monoisotopic (exact) mass is 267 g/mol. The zero-order valence-corrected chi connectivity index (χ0v) is 10.8. The van der Waals surface area contributed by atoms with Crippen molar-refractivity contribution >= 4 is 28.3 Å². The highest BCUT2D eigenvalue weighted by Gasteiger charge is 2.13. The highest BCUT2D eigenvalue weighted by atomic mass is 35.5. The molecule has 3 aromatic rings. The van der Waals surface area contributed by atoms with Gasteiger partial charge in [0, 0.05) is 27.7 Å². The van der Waals surface area contributed by atoms with E-state index in [4.69, 9.17) is 11.6 Å². The van der Waals surface area contributed by atoms with E-state index in [2.05, 4.69) is 4.98 Å². The van der Waals surface area contributed by atoms with E-state index in [1.165, 1.54) is 0 Å². The molecule has 0 aliphatic heterocycles. The van der Waals surface area contributed by atoms with Crippen LogP contribution in [0.5, 0.6) is 0 Å². The van der Waals surface area contributed by atoms with Crippen LogP contribution < -0.4 is 0 Å². The number of para-hydroxylation sites is 1. The number of hydrogen-bond acceptors (Lipinski definition) is 2. The average Bonchev–Trinajstić information content (AvgIpc) is 2.46. The first-order valence-electron chi connectivity index (χ1n) is 5.90. The van der Waals surface area contributed by atoms with Gasteiger partial charge >= 0.3 is 0 Å². The van der Waals surface area contributed by atoms with Gasteiger partial charge in [-0.25, -0.2) is 0 Å². The SMILES string of the molecule is O=C(c1cccc(Cl)c1)c1cccc2cccnc12. The molecule has 0 spiro atoms. The minimum atomic E-state index is -0.0631. The zero-order valence-electron chi connectivity index (χ0n) is 10.0. The molecule has 0 radical (unpaired) electrons. The number of aromatic nitrogens is 1. The minimum absolute atomic E-state index is 0.0631. The normalized spacial score (nSPS) is 10.6. The molecule has 0 unspecified atom stereocenters. The lowest BCUT2D eigenvalue weighted by Crippen LogP contribution is -2.02. The van der Waals surface area contributed by atoms with Crippen LogP contribution in [0.25, 0.3) is 10.9 Å². The number of nitrogens with zero attached hydrogens (tertiary/aromatic N) is 1. The van der Waals surface area contributed by atoms with Gasteiger partial charge in [-0.05, 0) is 24.3 Å². The van der Waals surface area contributed by atoms with Crippen molar-refractivity contribution in [1.82, 2.24) is 4.98 Å². The van der Waals surface area contributed by atoms with E-state index in [1.807, 2.05) is 24.3 Å². The molecule has 0 N–H and O–H groups in total. The van der Waals surface area contributed by atoms with Crippen molar-refractivity contribution in [3.63, 3.8) is 0 Å². The number of rotatable bonds is 2. The van der Waals surface area contributed by atoms with Gasteiger partial charge in [0.05, 0.1) is 5.52 Å². The highest BCUT2D eigenvalue weighted by Crippen LogP contribution is 2.20. The van der Waals surface area contributed by atoms with Crippen molar-refractivity contribution < 1.29 is 4.79 Å². The van der Waals surface area contributed by atoms with E-state index in [-0.39, 0.29) is 5.78 Å². The van der Waals surface area contributed by atoms with E-state index >= 15 is 0 Å². The Kier molecular flexibility index (Phi) is 3.02. The van der Waals surface area contributed by atoms with Gasteiger partial charge in [-0.2, -0.15) is 0 Å². The number of carbonyl (C=O) groups is 1. The van der Waals surface area contributed by atoms with Gasteiger partial charge in [-0.1, -0.05) is 41.9 Å². The fourth-order valence-electron chi connectivity index (χ4n) is 2.07. The number of benzene rings is 2. The minimum Gasteiger partial charge on any atom is -0.289 e. The topological polar surface area (TPSA) is 30.0 Å². The van der Waals surface area contributed by atoms with Gasteiger partial charge in [0.1, 0.15) is 0 Å². The van der Waals surface area contributed by atoms with Crippen LogP contribution >= 0.6 is 11.6 Å². The Labute approximate surface area is 115 Å². The molecule has 0 fully saturated rings. The Morgan fingerprint density at radius 3 is 2.63 bits per heavy atom. The van der Waals surface area contributed by atoms with Crippen LogP contribution in [0, 0.1) is 0 Å². The second-order valence-corrected chi connectivity index (χ2v) is 4.66. The Bertz CT molecular complexity index is 762. The van der Waals surface area contributed by atoms with Gasteiger partial charge < -0.3 is 0 Å². The zero-order chi connectivity index (χ0) is 13.2. The van der Waals surface area contributed by atoms with Crippen LogP contribution in [0.3, 0.4) is 0 Å². The summed E-state index contributed by atoms with van der Waals surface area (Å²) in [5.74, 6) is -0.0631. The molecule has 0 amide bonds. The van der Waals surface area contributed by atoms with E-state index < -0.39 is 0 Å². The van der Waals surface area contributed by atoms with E-state index in [0.717, 1.165) is 10.9 Å². The lowest BCUT2D eigenvalue weighted by Gasteiger charge is -2.05. The molecule has 19 heavy (non-hydrogen) atoms. The van der Waals surface area contributed by atoms with Crippen LogP contribution in [0.15, 0.2) is 60.8 Å². The number of halogens is 1. The van der Waals surface area contributed by atoms with Gasteiger partial charge in [0.2, 0.25) is 0 Å². The largest absolute Gasteiger partial charge is 0.289 e. The molecule has 0 aliphatic rings. The summed E-state index contributed by atoms with van der Waals surface area (Å²) in [7, 11) is 0. The maximum absolute atomic E-state index is 12.5. The quantitative estimate of drug-likeness (QED) is 0.654. The highest BCUT2D eigenvalue weighted by molar-refractivity contribution is 6.31. The van der Waals surface area contributed by atoms with Gasteiger partial charge in [-0.3, -0.25) is 9.78 Å². The molecule has 3 rings (SSSR count). The first-order valence-corrected chi connectivity index (χ1v) is 6.27. The summed E-state index contributed by atoms with van der Waals surface area (Å²) in [6, 6.07) is 16.3. The fraction of sp³-hybridized carbons (Fsp3) is 0. The third-order valence-electron chi connectivity index (χ3n) is 2.96.